The van der Waals surface area contributed by atoms with Crippen molar-refractivity contribution < 1.29 is 0 Å². The average Bonchev–Trinajstić information content (AvgIpc) is 3.19. The molecule has 0 unspecified atom stereocenters. The molecule has 7 heteroatoms. The van der Waals surface area contributed by atoms with E-state index in [9.17, 15) is 4.79 Å². The van der Waals surface area contributed by atoms with E-state index in [1.54, 1.807) is 10.7 Å². The minimum Gasteiger partial charge on any atom is -0.354 e. The van der Waals surface area contributed by atoms with Gasteiger partial charge in [-0.25, -0.2) is 4.68 Å². The topological polar surface area (TPSA) is 63.9 Å². The van der Waals surface area contributed by atoms with Crippen molar-refractivity contribution in [3.63, 3.8) is 0 Å². The van der Waals surface area contributed by atoms with E-state index in [1.165, 1.54) is 11.7 Å². The van der Waals surface area contributed by atoms with Crippen molar-refractivity contribution >= 4 is 17.5 Å². The van der Waals surface area contributed by atoms with Crippen LogP contribution in [-0.2, 0) is 19.4 Å². The molecule has 22 heavy (non-hydrogen) atoms. The molecule has 116 valence electrons. The minimum absolute atomic E-state index is 0.0618. The van der Waals surface area contributed by atoms with Crippen LogP contribution in [0.4, 0.5) is 5.82 Å². The highest BCUT2D eigenvalue weighted by Gasteiger charge is 2.22. The molecule has 4 rings (SSSR count). The lowest BCUT2D eigenvalue weighted by Crippen LogP contribution is -2.37. The Labute approximate surface area is 133 Å². The van der Waals surface area contributed by atoms with Crippen molar-refractivity contribution in [3.05, 3.63) is 33.9 Å². The molecule has 1 aliphatic heterocycles. The summed E-state index contributed by atoms with van der Waals surface area (Å²) >= 11 is 1.25. The molecule has 0 aromatic carbocycles. The molecule has 0 N–H and O–H groups in total. The number of nitrogens with zero attached hydrogens (tertiary/aromatic N) is 5. The van der Waals surface area contributed by atoms with Gasteiger partial charge in [0.15, 0.2) is 5.82 Å². The van der Waals surface area contributed by atoms with Crippen LogP contribution in [0.2, 0.25) is 0 Å². The van der Waals surface area contributed by atoms with Crippen LogP contribution in [-0.4, -0.2) is 31.6 Å². The van der Waals surface area contributed by atoms with E-state index >= 15 is 0 Å². The number of hydrogen-bond donors (Lipinski definition) is 0. The predicted molar refractivity (Wildman–Crippen MR) is 85.4 cm³/mol. The summed E-state index contributed by atoms with van der Waals surface area (Å²) in [6, 6.07) is 1.80. The average molecular weight is 317 g/mol. The quantitative estimate of drug-likeness (QED) is 0.858. The number of fused-ring (bicyclic) bond motifs is 1. The number of anilines is 1. The van der Waals surface area contributed by atoms with Gasteiger partial charge in [-0.05, 0) is 43.6 Å². The Morgan fingerprint density at radius 2 is 2.14 bits per heavy atom. The van der Waals surface area contributed by atoms with Crippen molar-refractivity contribution in [1.29, 1.82) is 0 Å². The number of aryl methyl sites for hydroxylation is 2. The Morgan fingerprint density at radius 3 is 2.91 bits per heavy atom. The molecule has 0 atom stereocenters. The van der Waals surface area contributed by atoms with Crippen LogP contribution >= 0.6 is 11.7 Å². The smallest absolute Gasteiger partial charge is 0.267 e. The molecule has 1 aliphatic carbocycles. The van der Waals surface area contributed by atoms with E-state index in [1.807, 2.05) is 6.20 Å². The van der Waals surface area contributed by atoms with Gasteiger partial charge in [-0.3, -0.25) is 4.79 Å². The molecule has 1 fully saturated rings. The van der Waals surface area contributed by atoms with Gasteiger partial charge in [-0.2, -0.15) is 13.8 Å². The zero-order chi connectivity index (χ0) is 14.9. The number of hydrogen-bond acceptors (Lipinski definition) is 6. The monoisotopic (exact) mass is 317 g/mol. The highest BCUT2D eigenvalue weighted by Crippen LogP contribution is 2.23. The van der Waals surface area contributed by atoms with Gasteiger partial charge in [0.25, 0.3) is 5.56 Å². The van der Waals surface area contributed by atoms with E-state index in [0.29, 0.717) is 5.92 Å². The SMILES string of the molecule is O=c1cc2c(nn1CC1CCN(c3cnsn3)CC1)CCC2. The predicted octanol–water partition coefficient (Wildman–Crippen LogP) is 1.50. The molecule has 1 saturated heterocycles. The third-order valence-electron chi connectivity index (χ3n) is 4.74. The van der Waals surface area contributed by atoms with Gasteiger partial charge in [-0.15, -0.1) is 0 Å². The van der Waals surface area contributed by atoms with Crippen LogP contribution in [0.1, 0.15) is 30.5 Å². The molecule has 6 nitrogen and oxygen atoms in total. The fraction of sp³-hybridized carbons (Fsp3) is 0.600. The minimum atomic E-state index is 0.0618. The van der Waals surface area contributed by atoms with E-state index in [2.05, 4.69) is 18.7 Å². The van der Waals surface area contributed by atoms with Crippen molar-refractivity contribution in [1.82, 2.24) is 18.5 Å². The zero-order valence-electron chi connectivity index (χ0n) is 12.4. The summed E-state index contributed by atoms with van der Waals surface area (Å²) in [5.74, 6) is 1.50. The fourth-order valence-electron chi connectivity index (χ4n) is 3.46. The number of rotatable bonds is 3. The summed E-state index contributed by atoms with van der Waals surface area (Å²) < 4.78 is 10.0. The van der Waals surface area contributed by atoms with Crippen LogP contribution in [0.25, 0.3) is 0 Å². The summed E-state index contributed by atoms with van der Waals surface area (Å²) in [6.45, 7) is 2.71. The van der Waals surface area contributed by atoms with Gasteiger partial charge in [0.1, 0.15) is 0 Å². The lowest BCUT2D eigenvalue weighted by atomic mass is 9.97. The van der Waals surface area contributed by atoms with Gasteiger partial charge in [0.2, 0.25) is 0 Å². The molecule has 0 spiro atoms. The fourth-order valence-corrected chi connectivity index (χ4v) is 3.89. The van der Waals surface area contributed by atoms with Crippen LogP contribution in [0.15, 0.2) is 17.1 Å². The second-order valence-electron chi connectivity index (χ2n) is 6.19. The maximum absolute atomic E-state index is 12.2. The summed E-state index contributed by atoms with van der Waals surface area (Å²) in [4.78, 5) is 14.5. The molecular weight excluding hydrogens is 298 g/mol. The molecule has 0 radical (unpaired) electrons. The van der Waals surface area contributed by atoms with Gasteiger partial charge in [-0.1, -0.05) is 0 Å². The van der Waals surface area contributed by atoms with Crippen molar-refractivity contribution in [3.8, 4) is 0 Å². The summed E-state index contributed by atoms with van der Waals surface area (Å²) in [5, 5.41) is 4.59. The maximum Gasteiger partial charge on any atom is 0.267 e. The summed E-state index contributed by atoms with van der Waals surface area (Å²) in [5.41, 5.74) is 2.35. The number of piperidine rings is 1. The van der Waals surface area contributed by atoms with E-state index < -0.39 is 0 Å². The third kappa shape index (κ3) is 2.65. The van der Waals surface area contributed by atoms with Gasteiger partial charge in [0, 0.05) is 25.7 Å². The first-order valence-corrected chi connectivity index (χ1v) is 8.65. The van der Waals surface area contributed by atoms with Crippen LogP contribution in [0.5, 0.6) is 0 Å². The largest absolute Gasteiger partial charge is 0.354 e. The summed E-state index contributed by atoms with van der Waals surface area (Å²) in [7, 11) is 0. The lowest BCUT2D eigenvalue weighted by molar-refractivity contribution is 0.333. The lowest BCUT2D eigenvalue weighted by Gasteiger charge is -2.31. The van der Waals surface area contributed by atoms with Crippen LogP contribution in [0, 0.1) is 5.92 Å². The standard InChI is InChI=1S/C15H19N5OS/c21-15-8-12-2-1-3-13(12)17-20(15)10-11-4-6-19(7-5-11)14-9-16-22-18-14/h8-9,11H,1-7,10H2. The maximum atomic E-state index is 12.2. The molecule has 2 aliphatic rings. The normalized spacial score (nSPS) is 18.6. The molecule has 0 bridgehead atoms. The molecular formula is C15H19N5OS. The second-order valence-corrected chi connectivity index (χ2v) is 6.74. The summed E-state index contributed by atoms with van der Waals surface area (Å²) in [6.07, 6.45) is 7.14. The van der Waals surface area contributed by atoms with Gasteiger partial charge in [0.05, 0.1) is 23.6 Å². The van der Waals surface area contributed by atoms with Crippen LogP contribution < -0.4 is 10.5 Å². The molecule has 0 amide bonds. The third-order valence-corrected chi connectivity index (χ3v) is 5.21. The van der Waals surface area contributed by atoms with Gasteiger partial charge >= 0.3 is 0 Å². The first-order valence-electron chi connectivity index (χ1n) is 7.92. The first kappa shape index (κ1) is 13.9. The Morgan fingerprint density at radius 1 is 1.27 bits per heavy atom. The molecule has 0 saturated carbocycles. The Bertz CT molecular complexity index is 703. The second kappa shape index (κ2) is 5.79. The Kier molecular flexibility index (Phi) is 3.65. The Balaban J connectivity index is 1.42. The number of aromatic nitrogens is 4. The van der Waals surface area contributed by atoms with Gasteiger partial charge < -0.3 is 4.90 Å². The highest BCUT2D eigenvalue weighted by molar-refractivity contribution is 6.99. The van der Waals surface area contributed by atoms with Crippen molar-refractivity contribution in [2.75, 3.05) is 18.0 Å². The molecule has 3 heterocycles. The first-order chi connectivity index (χ1) is 10.8. The van der Waals surface area contributed by atoms with Crippen molar-refractivity contribution in [2.24, 2.45) is 5.92 Å². The highest BCUT2D eigenvalue weighted by atomic mass is 32.1. The zero-order valence-corrected chi connectivity index (χ0v) is 13.3. The molecule has 2 aromatic rings. The Hall–Kier alpha value is -1.76. The van der Waals surface area contributed by atoms with Crippen LogP contribution in [0.3, 0.4) is 0 Å². The van der Waals surface area contributed by atoms with E-state index in [-0.39, 0.29) is 5.56 Å². The van der Waals surface area contributed by atoms with Crippen molar-refractivity contribution in [2.45, 2.75) is 38.6 Å². The molecule has 2 aromatic heterocycles. The van der Waals surface area contributed by atoms with E-state index in [0.717, 1.165) is 68.8 Å². The van der Waals surface area contributed by atoms with E-state index in [4.69, 9.17) is 0 Å².